The fourth-order valence-electron chi connectivity index (χ4n) is 2.05. The van der Waals surface area contributed by atoms with E-state index in [1.807, 2.05) is 37.3 Å². The van der Waals surface area contributed by atoms with Crippen LogP contribution in [0.1, 0.15) is 41.3 Å². The molecule has 2 aromatic rings. The number of nitrogens with one attached hydrogen (secondary N) is 1. The van der Waals surface area contributed by atoms with Crippen molar-refractivity contribution < 1.29 is 4.79 Å². The molecule has 0 bridgehead atoms. The Hall–Kier alpha value is -2.16. The van der Waals surface area contributed by atoms with Gasteiger partial charge in [0.2, 0.25) is 0 Å². The molecule has 1 N–H and O–H groups in total. The van der Waals surface area contributed by atoms with Gasteiger partial charge in [0.15, 0.2) is 5.78 Å². The van der Waals surface area contributed by atoms with Crippen LogP contribution in [-0.2, 0) is 0 Å². The minimum absolute atomic E-state index is 0.0146. The normalized spacial score (nSPS) is 10.3. The quantitative estimate of drug-likeness (QED) is 0.639. The Kier molecular flexibility index (Phi) is 4.88. The van der Waals surface area contributed by atoms with E-state index in [9.17, 15) is 4.79 Å². The Bertz CT molecular complexity index is 593. The summed E-state index contributed by atoms with van der Waals surface area (Å²) in [5, 5.41) is 3.25. The fourth-order valence-corrected chi connectivity index (χ4v) is 2.05. The number of carbonyl (C=O) groups is 1. The monoisotopic (exact) mass is 268 g/mol. The first-order chi connectivity index (χ1) is 9.72. The van der Waals surface area contributed by atoms with Gasteiger partial charge in [-0.15, -0.1) is 0 Å². The summed E-state index contributed by atoms with van der Waals surface area (Å²) >= 11 is 0. The summed E-state index contributed by atoms with van der Waals surface area (Å²) in [4.78, 5) is 16.9. The standard InChI is InChI=1S/C17H20N2O/c1-3-4-10-18-17-15(9-6-11-19-17)16(20)14-8-5-7-13(2)12-14/h5-9,11-12H,3-4,10H2,1-2H3,(H,18,19). The summed E-state index contributed by atoms with van der Waals surface area (Å²) in [5.41, 5.74) is 2.42. The van der Waals surface area contributed by atoms with Crippen LogP contribution in [0.2, 0.25) is 0 Å². The number of hydrogen-bond donors (Lipinski definition) is 1. The zero-order chi connectivity index (χ0) is 14.4. The number of ketones is 1. The van der Waals surface area contributed by atoms with Gasteiger partial charge in [-0.3, -0.25) is 4.79 Å². The predicted molar refractivity (Wildman–Crippen MR) is 82.2 cm³/mol. The molecule has 0 atom stereocenters. The van der Waals surface area contributed by atoms with Crippen molar-refractivity contribution in [3.05, 3.63) is 59.3 Å². The number of anilines is 1. The van der Waals surface area contributed by atoms with Crippen LogP contribution in [0.25, 0.3) is 0 Å². The van der Waals surface area contributed by atoms with Crippen LogP contribution in [0, 0.1) is 6.92 Å². The maximum absolute atomic E-state index is 12.6. The second-order valence-corrected chi connectivity index (χ2v) is 4.88. The summed E-state index contributed by atoms with van der Waals surface area (Å²) in [5.74, 6) is 0.688. The van der Waals surface area contributed by atoms with E-state index in [2.05, 4.69) is 17.2 Å². The van der Waals surface area contributed by atoms with Crippen LogP contribution < -0.4 is 5.32 Å². The van der Waals surface area contributed by atoms with E-state index in [4.69, 9.17) is 0 Å². The first kappa shape index (κ1) is 14.3. The van der Waals surface area contributed by atoms with Crippen LogP contribution in [0.15, 0.2) is 42.6 Å². The van der Waals surface area contributed by atoms with Crippen LogP contribution in [-0.4, -0.2) is 17.3 Å². The van der Waals surface area contributed by atoms with E-state index in [1.54, 1.807) is 12.3 Å². The zero-order valence-corrected chi connectivity index (χ0v) is 12.0. The molecule has 3 nitrogen and oxygen atoms in total. The highest BCUT2D eigenvalue weighted by atomic mass is 16.1. The average Bonchev–Trinajstić information content (AvgIpc) is 2.47. The van der Waals surface area contributed by atoms with Crippen molar-refractivity contribution in [3.8, 4) is 0 Å². The van der Waals surface area contributed by atoms with Crippen molar-refractivity contribution in [1.82, 2.24) is 4.98 Å². The van der Waals surface area contributed by atoms with E-state index in [-0.39, 0.29) is 5.78 Å². The molecule has 0 saturated heterocycles. The Morgan fingerprint density at radius 2 is 2.10 bits per heavy atom. The SMILES string of the molecule is CCCCNc1ncccc1C(=O)c1cccc(C)c1. The minimum Gasteiger partial charge on any atom is -0.369 e. The highest BCUT2D eigenvalue weighted by Gasteiger charge is 2.14. The lowest BCUT2D eigenvalue weighted by atomic mass is 10.0. The predicted octanol–water partition coefficient (Wildman–Crippen LogP) is 3.83. The van der Waals surface area contributed by atoms with Gasteiger partial charge in [-0.05, 0) is 31.5 Å². The first-order valence-electron chi connectivity index (χ1n) is 7.02. The van der Waals surface area contributed by atoms with Crippen LogP contribution >= 0.6 is 0 Å². The van der Waals surface area contributed by atoms with Crippen molar-refractivity contribution >= 4 is 11.6 Å². The first-order valence-corrected chi connectivity index (χ1v) is 7.02. The van der Waals surface area contributed by atoms with E-state index >= 15 is 0 Å². The van der Waals surface area contributed by atoms with Crippen LogP contribution in [0.3, 0.4) is 0 Å². The fraction of sp³-hybridized carbons (Fsp3) is 0.294. The molecule has 0 unspecified atom stereocenters. The van der Waals surface area contributed by atoms with Crippen molar-refractivity contribution in [2.24, 2.45) is 0 Å². The highest BCUT2D eigenvalue weighted by Crippen LogP contribution is 2.17. The number of aromatic nitrogens is 1. The molecule has 0 aliphatic heterocycles. The molecule has 0 amide bonds. The third kappa shape index (κ3) is 3.44. The third-order valence-electron chi connectivity index (χ3n) is 3.16. The molecule has 3 heteroatoms. The molecule has 0 aliphatic carbocycles. The molecular formula is C17H20N2O. The number of carbonyl (C=O) groups excluding carboxylic acids is 1. The maximum atomic E-state index is 12.6. The van der Waals surface area contributed by atoms with Crippen molar-refractivity contribution in [2.45, 2.75) is 26.7 Å². The van der Waals surface area contributed by atoms with Gasteiger partial charge in [0.1, 0.15) is 5.82 Å². The molecule has 0 fully saturated rings. The molecule has 1 heterocycles. The Balaban J connectivity index is 2.25. The van der Waals surface area contributed by atoms with Gasteiger partial charge in [0.25, 0.3) is 0 Å². The molecule has 0 saturated carbocycles. The molecule has 2 rings (SSSR count). The van der Waals surface area contributed by atoms with Gasteiger partial charge < -0.3 is 5.32 Å². The average molecular weight is 268 g/mol. The van der Waals surface area contributed by atoms with E-state index in [0.29, 0.717) is 16.9 Å². The summed E-state index contributed by atoms with van der Waals surface area (Å²) in [7, 11) is 0. The number of rotatable bonds is 6. The Morgan fingerprint density at radius 1 is 1.25 bits per heavy atom. The number of unbranched alkanes of at least 4 members (excludes halogenated alkanes) is 1. The van der Waals surface area contributed by atoms with Gasteiger partial charge in [0.05, 0.1) is 5.56 Å². The van der Waals surface area contributed by atoms with Crippen LogP contribution in [0.5, 0.6) is 0 Å². The van der Waals surface area contributed by atoms with E-state index < -0.39 is 0 Å². The molecule has 1 aromatic carbocycles. The van der Waals surface area contributed by atoms with Gasteiger partial charge >= 0.3 is 0 Å². The topological polar surface area (TPSA) is 42.0 Å². The largest absolute Gasteiger partial charge is 0.369 e. The molecule has 0 radical (unpaired) electrons. The van der Waals surface area contributed by atoms with E-state index in [1.165, 1.54) is 0 Å². The molecule has 0 aliphatic rings. The second-order valence-electron chi connectivity index (χ2n) is 4.88. The summed E-state index contributed by atoms with van der Waals surface area (Å²) in [6.07, 6.45) is 3.89. The van der Waals surface area contributed by atoms with Crippen molar-refractivity contribution in [1.29, 1.82) is 0 Å². The number of pyridine rings is 1. The smallest absolute Gasteiger partial charge is 0.196 e. The van der Waals surface area contributed by atoms with Crippen molar-refractivity contribution in [2.75, 3.05) is 11.9 Å². The van der Waals surface area contributed by atoms with Gasteiger partial charge in [-0.2, -0.15) is 0 Å². The minimum atomic E-state index is 0.0146. The zero-order valence-electron chi connectivity index (χ0n) is 12.0. The van der Waals surface area contributed by atoms with E-state index in [0.717, 1.165) is 24.9 Å². The van der Waals surface area contributed by atoms with Gasteiger partial charge in [-0.25, -0.2) is 4.98 Å². The lowest BCUT2D eigenvalue weighted by molar-refractivity contribution is 0.103. The number of nitrogens with zero attached hydrogens (tertiary/aromatic N) is 1. The number of aryl methyl sites for hydroxylation is 1. The molecule has 1 aromatic heterocycles. The van der Waals surface area contributed by atoms with Gasteiger partial charge in [-0.1, -0.05) is 37.1 Å². The molecular weight excluding hydrogens is 248 g/mol. The molecule has 104 valence electrons. The summed E-state index contributed by atoms with van der Waals surface area (Å²) in [6.45, 7) is 4.96. The van der Waals surface area contributed by atoms with Crippen molar-refractivity contribution in [3.63, 3.8) is 0 Å². The molecule has 0 spiro atoms. The lowest BCUT2D eigenvalue weighted by Crippen LogP contribution is -2.10. The Morgan fingerprint density at radius 3 is 2.85 bits per heavy atom. The lowest BCUT2D eigenvalue weighted by Gasteiger charge is -2.10. The highest BCUT2D eigenvalue weighted by molar-refractivity contribution is 6.11. The van der Waals surface area contributed by atoms with Gasteiger partial charge in [0, 0.05) is 18.3 Å². The third-order valence-corrected chi connectivity index (χ3v) is 3.16. The second kappa shape index (κ2) is 6.85. The number of hydrogen-bond acceptors (Lipinski definition) is 3. The number of benzene rings is 1. The summed E-state index contributed by atoms with van der Waals surface area (Å²) in [6, 6.07) is 11.3. The molecule has 20 heavy (non-hydrogen) atoms. The maximum Gasteiger partial charge on any atom is 0.196 e. The van der Waals surface area contributed by atoms with Crippen LogP contribution in [0.4, 0.5) is 5.82 Å². The summed E-state index contributed by atoms with van der Waals surface area (Å²) < 4.78 is 0. The Labute approximate surface area is 120 Å².